The van der Waals surface area contributed by atoms with Crippen LogP contribution in [0.25, 0.3) is 0 Å². The van der Waals surface area contributed by atoms with Gasteiger partial charge in [-0.15, -0.1) is 0 Å². The van der Waals surface area contributed by atoms with Gasteiger partial charge in [-0.1, -0.05) is 6.92 Å². The average Bonchev–Trinajstić information content (AvgIpc) is 3.47. The Morgan fingerprint density at radius 1 is 1.00 bits per heavy atom. The average molecular weight is 551 g/mol. The third kappa shape index (κ3) is 3.86. The molecule has 4 aliphatic carbocycles. The van der Waals surface area contributed by atoms with E-state index in [0.717, 1.165) is 24.7 Å². The summed E-state index contributed by atoms with van der Waals surface area (Å²) < 4.78 is 16.9. The topological polar surface area (TPSA) is 163 Å². The number of carbonyl (C=O) groups is 2. The molecule has 5 N–H and O–H groups in total. The number of cyclic esters (lactones) is 1. The molecule has 39 heavy (non-hydrogen) atoms. The number of rotatable bonds is 4. The van der Waals surface area contributed by atoms with Gasteiger partial charge >= 0.3 is 5.97 Å². The number of hydrogen-bond donors (Lipinski definition) is 5. The minimum Gasteiger partial charge on any atom is -0.458 e. The molecule has 10 nitrogen and oxygen atoms in total. The number of carbonyl (C=O) groups excluding carboxylic acids is 2. The second-order valence-electron chi connectivity index (χ2n) is 13.3. The molecule has 0 bridgehead atoms. The summed E-state index contributed by atoms with van der Waals surface area (Å²) in [6.45, 7) is 3.76. The summed E-state index contributed by atoms with van der Waals surface area (Å²) in [5.74, 6) is -0.862. The number of aliphatic hydroxyl groups excluding tert-OH is 4. The Bertz CT molecular complexity index is 1030. The highest BCUT2D eigenvalue weighted by molar-refractivity contribution is 5.85. The number of aldehydes is 1. The summed E-state index contributed by atoms with van der Waals surface area (Å²) >= 11 is 0. The monoisotopic (exact) mass is 550 g/mol. The number of aliphatic hydroxyl groups is 5. The first-order chi connectivity index (χ1) is 18.5. The van der Waals surface area contributed by atoms with Crippen LogP contribution in [0.5, 0.6) is 0 Å². The van der Waals surface area contributed by atoms with Crippen molar-refractivity contribution >= 4 is 12.3 Å². The van der Waals surface area contributed by atoms with Gasteiger partial charge < -0.3 is 44.5 Å². The van der Waals surface area contributed by atoms with Crippen molar-refractivity contribution < 1.29 is 49.3 Å². The largest absolute Gasteiger partial charge is 0.458 e. The van der Waals surface area contributed by atoms with Crippen molar-refractivity contribution in [1.82, 2.24) is 0 Å². The minimum atomic E-state index is -1.38. The highest BCUT2D eigenvalue weighted by Crippen LogP contribution is 2.69. The van der Waals surface area contributed by atoms with E-state index >= 15 is 0 Å². The van der Waals surface area contributed by atoms with E-state index in [1.54, 1.807) is 6.92 Å². The summed E-state index contributed by atoms with van der Waals surface area (Å²) in [7, 11) is 0. The molecule has 2 aliphatic heterocycles. The van der Waals surface area contributed by atoms with Crippen molar-refractivity contribution in [1.29, 1.82) is 0 Å². The van der Waals surface area contributed by atoms with Gasteiger partial charge in [0, 0.05) is 16.9 Å². The van der Waals surface area contributed by atoms with Crippen LogP contribution < -0.4 is 0 Å². The van der Waals surface area contributed by atoms with Crippen molar-refractivity contribution in [3.8, 4) is 0 Å². The summed E-state index contributed by atoms with van der Waals surface area (Å²) in [5, 5.41) is 54.6. The maximum atomic E-state index is 12.9. The molecule has 218 valence electrons. The molecule has 0 aromatic rings. The van der Waals surface area contributed by atoms with E-state index in [0.29, 0.717) is 38.5 Å². The van der Waals surface area contributed by atoms with Crippen LogP contribution >= 0.6 is 0 Å². The highest BCUT2D eigenvalue weighted by atomic mass is 16.7. The predicted molar refractivity (Wildman–Crippen MR) is 135 cm³/mol. The van der Waals surface area contributed by atoms with Crippen LogP contribution in [0.15, 0.2) is 11.6 Å². The van der Waals surface area contributed by atoms with Crippen molar-refractivity contribution in [2.45, 2.75) is 114 Å². The van der Waals surface area contributed by atoms with E-state index in [1.807, 2.05) is 6.92 Å². The van der Waals surface area contributed by atoms with Gasteiger partial charge in [-0.3, -0.25) is 0 Å². The van der Waals surface area contributed by atoms with Crippen LogP contribution in [0.4, 0.5) is 0 Å². The van der Waals surface area contributed by atoms with Crippen molar-refractivity contribution in [3.63, 3.8) is 0 Å². The first kappa shape index (κ1) is 27.8. The van der Waals surface area contributed by atoms with E-state index in [4.69, 9.17) is 14.2 Å². The van der Waals surface area contributed by atoms with Gasteiger partial charge in [0.2, 0.25) is 0 Å². The summed E-state index contributed by atoms with van der Waals surface area (Å²) in [6.07, 6.45) is 0.412. The third-order valence-corrected chi connectivity index (χ3v) is 11.9. The molecule has 0 aromatic heterocycles. The molecule has 0 spiro atoms. The first-order valence-electron chi connectivity index (χ1n) is 14.6. The van der Waals surface area contributed by atoms with E-state index < -0.39 is 53.2 Å². The Hall–Kier alpha value is -1.40. The maximum absolute atomic E-state index is 12.9. The summed E-state index contributed by atoms with van der Waals surface area (Å²) in [6, 6.07) is 0. The molecule has 6 rings (SSSR count). The van der Waals surface area contributed by atoms with E-state index in [1.165, 1.54) is 6.08 Å². The Labute approximate surface area is 228 Å². The second kappa shape index (κ2) is 9.58. The molecule has 2 unspecified atom stereocenters. The fraction of sp³-hybridized carbons (Fsp3) is 0.862. The van der Waals surface area contributed by atoms with Gasteiger partial charge in [0.05, 0.1) is 23.9 Å². The smallest absolute Gasteiger partial charge is 0.331 e. The maximum Gasteiger partial charge on any atom is 0.331 e. The molecule has 0 radical (unpaired) electrons. The molecule has 5 fully saturated rings. The zero-order chi connectivity index (χ0) is 27.9. The van der Waals surface area contributed by atoms with E-state index in [-0.39, 0.29) is 42.4 Å². The van der Waals surface area contributed by atoms with Crippen LogP contribution in [0.1, 0.15) is 65.2 Å². The SMILES string of the molecule is C[C@H]1O[C@@H](O[C@H]2CC[C@]3(C=O)C4C[C@@H](O)[C@]5(C)[C@@H](C6=CC(=O)OC6)CC[C@]5(O)C4CC[C@@H]3C2)[C@H](O)[C@H](O)[C@@H]1O. The Morgan fingerprint density at radius 3 is 2.46 bits per heavy atom. The Morgan fingerprint density at radius 2 is 1.77 bits per heavy atom. The normalized spacial score (nSPS) is 55.2. The second-order valence-corrected chi connectivity index (χ2v) is 13.3. The van der Waals surface area contributed by atoms with E-state index in [9.17, 15) is 35.1 Å². The molecular weight excluding hydrogens is 508 g/mol. The number of fused-ring (bicyclic) bond motifs is 5. The zero-order valence-corrected chi connectivity index (χ0v) is 22.6. The quantitative estimate of drug-likeness (QED) is 0.190. The van der Waals surface area contributed by atoms with Crippen LogP contribution in [0.2, 0.25) is 0 Å². The molecule has 10 heteroatoms. The lowest BCUT2D eigenvalue weighted by Crippen LogP contribution is -2.67. The number of esters is 1. The van der Waals surface area contributed by atoms with E-state index in [2.05, 4.69) is 0 Å². The molecule has 6 aliphatic rings. The first-order valence-corrected chi connectivity index (χ1v) is 14.6. The zero-order valence-electron chi connectivity index (χ0n) is 22.6. The van der Waals surface area contributed by atoms with Crippen molar-refractivity contribution in [3.05, 3.63) is 11.6 Å². The number of ether oxygens (including phenoxy) is 3. The van der Waals surface area contributed by atoms with Crippen LogP contribution in [0.3, 0.4) is 0 Å². The van der Waals surface area contributed by atoms with Crippen molar-refractivity contribution in [2.24, 2.45) is 34.5 Å². The molecular formula is C29H42O10. The Kier molecular flexibility index (Phi) is 6.81. The van der Waals surface area contributed by atoms with Crippen LogP contribution in [-0.2, 0) is 23.8 Å². The van der Waals surface area contributed by atoms with Gasteiger partial charge in [-0.05, 0) is 87.5 Å². The lowest BCUT2D eigenvalue weighted by atomic mass is 9.42. The molecule has 0 aromatic carbocycles. The molecule has 1 saturated heterocycles. The summed E-state index contributed by atoms with van der Waals surface area (Å²) in [4.78, 5) is 24.7. The standard InChI is InChI=1S/C29H42O10/c1-14-23(33)24(34)25(35)26(38-14)39-17-5-7-28(13-30)16(10-17)3-4-19-20(28)11-21(31)27(2)18(6-8-29(19,27)36)15-9-22(32)37-12-15/h9,13-14,16-21,23-26,31,33-36H,3-8,10-12H2,1-2H3/t14-,16-,17+,18-,19?,20?,21-,23-,24-,25-,26+,27+,28-,29+/m1/s1. The highest BCUT2D eigenvalue weighted by Gasteiger charge is 2.71. The van der Waals surface area contributed by atoms with Gasteiger partial charge in [-0.25, -0.2) is 4.79 Å². The third-order valence-electron chi connectivity index (χ3n) is 11.9. The Balaban J connectivity index is 1.22. The van der Waals surface area contributed by atoms with Gasteiger partial charge in [0.1, 0.15) is 31.2 Å². The molecule has 14 atom stereocenters. The van der Waals surface area contributed by atoms with Gasteiger partial charge in [0.25, 0.3) is 0 Å². The molecule has 2 heterocycles. The molecule has 0 amide bonds. The lowest BCUT2D eigenvalue weighted by molar-refractivity contribution is -0.310. The number of hydrogen-bond acceptors (Lipinski definition) is 10. The minimum absolute atomic E-state index is 0.00964. The fourth-order valence-corrected chi connectivity index (χ4v) is 9.72. The van der Waals surface area contributed by atoms with Crippen molar-refractivity contribution in [2.75, 3.05) is 6.61 Å². The van der Waals surface area contributed by atoms with Gasteiger partial charge in [-0.2, -0.15) is 0 Å². The van der Waals surface area contributed by atoms with Crippen LogP contribution in [0, 0.1) is 34.5 Å². The lowest BCUT2D eigenvalue weighted by Gasteiger charge is -2.64. The predicted octanol–water partition coefficient (Wildman–Crippen LogP) is 0.606. The van der Waals surface area contributed by atoms with Crippen LogP contribution in [-0.4, -0.2) is 92.9 Å². The fourth-order valence-electron chi connectivity index (χ4n) is 9.72. The molecule has 4 saturated carbocycles. The van der Waals surface area contributed by atoms with Gasteiger partial charge in [0.15, 0.2) is 6.29 Å². The summed E-state index contributed by atoms with van der Waals surface area (Å²) in [5.41, 5.74) is -1.85.